The lowest BCUT2D eigenvalue weighted by Gasteiger charge is -2.19. The second-order valence-corrected chi connectivity index (χ2v) is 4.23. The second-order valence-electron chi connectivity index (χ2n) is 4.23. The molecule has 0 saturated carbocycles. The van der Waals surface area contributed by atoms with Crippen LogP contribution in [0.1, 0.15) is 32.8 Å². The van der Waals surface area contributed by atoms with E-state index in [1.807, 2.05) is 24.3 Å². The third kappa shape index (κ3) is 8.62. The fraction of sp³-hybridized carbons (Fsp3) is 0.471. The molecule has 0 aromatic heterocycles. The molecule has 114 valence electrons. The minimum absolute atomic E-state index is 0. The van der Waals surface area contributed by atoms with Crippen LogP contribution in [0, 0.1) is 0 Å². The van der Waals surface area contributed by atoms with E-state index in [0.29, 0.717) is 0 Å². The Hall–Kier alpha value is -1.45. The quantitative estimate of drug-likeness (QED) is 0.568. The number of carbonyl (C=O) groups excluding carboxylic acids is 1. The van der Waals surface area contributed by atoms with Gasteiger partial charge in [0.05, 0.1) is 6.04 Å². The van der Waals surface area contributed by atoms with Gasteiger partial charge in [0, 0.05) is 13.2 Å². The molecule has 3 heteroatoms. The third-order valence-corrected chi connectivity index (χ3v) is 2.78. The van der Waals surface area contributed by atoms with Gasteiger partial charge < -0.3 is 15.2 Å². The molecule has 0 saturated heterocycles. The topological polar surface area (TPSA) is 49.3 Å². The van der Waals surface area contributed by atoms with Crippen LogP contribution >= 0.6 is 0 Å². The van der Waals surface area contributed by atoms with E-state index in [2.05, 4.69) is 31.0 Å². The Labute approximate surface area is 123 Å². The van der Waals surface area contributed by atoms with Crippen LogP contribution in [0.4, 0.5) is 0 Å². The van der Waals surface area contributed by atoms with Gasteiger partial charge in [-0.15, -0.1) is 6.58 Å². The summed E-state index contributed by atoms with van der Waals surface area (Å²) in [5.41, 5.74) is 1.26. The van der Waals surface area contributed by atoms with E-state index >= 15 is 0 Å². The highest BCUT2D eigenvalue weighted by Crippen LogP contribution is 2.05. The number of rotatable bonds is 8. The summed E-state index contributed by atoms with van der Waals surface area (Å²) in [7, 11) is 1.00. The van der Waals surface area contributed by atoms with Crippen LogP contribution in [0.3, 0.4) is 0 Å². The number of carbonyl (C=O) groups is 1. The molecule has 0 aliphatic rings. The van der Waals surface area contributed by atoms with Crippen molar-refractivity contribution in [1.82, 2.24) is 5.32 Å². The molecular formula is C17H29NO2. The van der Waals surface area contributed by atoms with Crippen LogP contribution in [-0.2, 0) is 11.2 Å². The van der Waals surface area contributed by atoms with Gasteiger partial charge in [-0.3, -0.25) is 0 Å². The Balaban J connectivity index is 0. The summed E-state index contributed by atoms with van der Waals surface area (Å²) in [4.78, 5) is 10.9. The molecular weight excluding hydrogens is 250 g/mol. The van der Waals surface area contributed by atoms with Gasteiger partial charge in [0.2, 0.25) is 0 Å². The minimum atomic E-state index is -0.0632. The van der Waals surface area contributed by atoms with E-state index in [4.69, 9.17) is 5.11 Å². The first-order valence-electron chi connectivity index (χ1n) is 6.62. The predicted molar refractivity (Wildman–Crippen MR) is 86.9 cm³/mol. The van der Waals surface area contributed by atoms with E-state index < -0.39 is 0 Å². The molecule has 0 aliphatic carbocycles. The van der Waals surface area contributed by atoms with Gasteiger partial charge in [-0.05, 0) is 18.4 Å². The first-order valence-corrected chi connectivity index (χ1v) is 6.62. The van der Waals surface area contributed by atoms with Gasteiger partial charge in [-0.1, -0.05) is 57.2 Å². The van der Waals surface area contributed by atoms with Crippen molar-refractivity contribution in [2.24, 2.45) is 0 Å². The Morgan fingerprint density at radius 2 is 1.85 bits per heavy atom. The van der Waals surface area contributed by atoms with Crippen LogP contribution in [0.5, 0.6) is 0 Å². The van der Waals surface area contributed by atoms with Crippen molar-refractivity contribution in [2.75, 3.05) is 7.11 Å². The van der Waals surface area contributed by atoms with E-state index in [-0.39, 0.29) is 19.5 Å². The van der Waals surface area contributed by atoms with Crippen molar-refractivity contribution < 1.29 is 9.90 Å². The summed E-state index contributed by atoms with van der Waals surface area (Å²) in [6.07, 6.45) is 5.62. The highest BCUT2D eigenvalue weighted by Gasteiger charge is 2.11. The minimum Gasteiger partial charge on any atom is -0.400 e. The molecule has 3 nitrogen and oxygen atoms in total. The highest BCUT2D eigenvalue weighted by atomic mass is 16.2. The first-order chi connectivity index (χ1) is 9.30. The van der Waals surface area contributed by atoms with Crippen molar-refractivity contribution in [1.29, 1.82) is 0 Å². The molecule has 0 spiro atoms. The van der Waals surface area contributed by atoms with Crippen LogP contribution < -0.4 is 5.32 Å². The fourth-order valence-corrected chi connectivity index (χ4v) is 1.85. The molecule has 0 bridgehead atoms. The van der Waals surface area contributed by atoms with Crippen LogP contribution in [-0.4, -0.2) is 30.6 Å². The van der Waals surface area contributed by atoms with Gasteiger partial charge in [0.1, 0.15) is 6.29 Å². The van der Waals surface area contributed by atoms with E-state index in [0.717, 1.165) is 32.7 Å². The van der Waals surface area contributed by atoms with Gasteiger partial charge in [0.25, 0.3) is 0 Å². The smallest absolute Gasteiger partial charge is 0.136 e. The lowest BCUT2D eigenvalue weighted by Crippen LogP contribution is -2.39. The molecule has 2 atom stereocenters. The van der Waals surface area contributed by atoms with Crippen molar-refractivity contribution in [3.05, 3.63) is 48.6 Å². The zero-order valence-corrected chi connectivity index (χ0v) is 11.9. The Kier molecular flexibility index (Phi) is 14.6. The lowest BCUT2D eigenvalue weighted by molar-refractivity contribution is -0.109. The monoisotopic (exact) mass is 279 g/mol. The summed E-state index contributed by atoms with van der Waals surface area (Å²) >= 11 is 0. The van der Waals surface area contributed by atoms with Crippen molar-refractivity contribution >= 4 is 6.29 Å². The summed E-state index contributed by atoms with van der Waals surface area (Å²) in [6.45, 7) is 5.91. The lowest BCUT2D eigenvalue weighted by atomic mass is 10.0. The Bertz CT molecular complexity index is 338. The van der Waals surface area contributed by atoms with Gasteiger partial charge in [-0.25, -0.2) is 0 Å². The number of aliphatic hydroxyl groups excluding tert-OH is 1. The number of aliphatic hydroxyl groups is 1. The molecule has 0 fully saturated rings. The summed E-state index contributed by atoms with van der Waals surface area (Å²) in [5, 5.41) is 10.3. The third-order valence-electron chi connectivity index (χ3n) is 2.78. The molecule has 1 aromatic rings. The molecule has 0 radical (unpaired) electrons. The Morgan fingerprint density at radius 3 is 2.30 bits per heavy atom. The van der Waals surface area contributed by atoms with E-state index in [1.54, 1.807) is 0 Å². The maximum Gasteiger partial charge on any atom is 0.136 e. The van der Waals surface area contributed by atoms with Crippen LogP contribution in [0.15, 0.2) is 43.0 Å². The molecule has 0 aliphatic heterocycles. The van der Waals surface area contributed by atoms with Crippen molar-refractivity contribution in [2.45, 2.75) is 45.7 Å². The van der Waals surface area contributed by atoms with E-state index in [9.17, 15) is 4.79 Å². The standard InChI is InChI=1S/C15H21NO.CH4O.CH4/c1-3-8-15(12-17)16-14(4-2)11-13-9-6-5-7-10-13;1-2;/h4-7,9-10,12,14-16H,2-3,8,11H2,1H3;2H,1H3;1H4. The van der Waals surface area contributed by atoms with Gasteiger partial charge in [-0.2, -0.15) is 0 Å². The predicted octanol–water partition coefficient (Wildman–Crippen LogP) is 2.99. The average molecular weight is 279 g/mol. The molecule has 1 aromatic carbocycles. The fourth-order valence-electron chi connectivity index (χ4n) is 1.85. The average Bonchev–Trinajstić information content (AvgIpc) is 2.49. The maximum absolute atomic E-state index is 10.9. The molecule has 1 rings (SSSR count). The van der Waals surface area contributed by atoms with Gasteiger partial charge in [0.15, 0.2) is 0 Å². The highest BCUT2D eigenvalue weighted by molar-refractivity contribution is 5.57. The maximum atomic E-state index is 10.9. The van der Waals surface area contributed by atoms with Crippen LogP contribution in [0.2, 0.25) is 0 Å². The number of benzene rings is 1. The SMILES string of the molecule is C.C=CC(Cc1ccccc1)NC(C=O)CCC.CO. The van der Waals surface area contributed by atoms with Crippen molar-refractivity contribution in [3.8, 4) is 0 Å². The summed E-state index contributed by atoms with van der Waals surface area (Å²) < 4.78 is 0. The number of nitrogens with one attached hydrogen (secondary N) is 1. The molecule has 20 heavy (non-hydrogen) atoms. The molecule has 2 N–H and O–H groups in total. The van der Waals surface area contributed by atoms with Gasteiger partial charge >= 0.3 is 0 Å². The van der Waals surface area contributed by atoms with E-state index in [1.165, 1.54) is 5.56 Å². The zero-order chi connectivity index (χ0) is 14.5. The number of aldehydes is 1. The molecule has 0 heterocycles. The van der Waals surface area contributed by atoms with Crippen molar-refractivity contribution in [3.63, 3.8) is 0 Å². The second kappa shape index (κ2) is 14.0. The first kappa shape index (κ1) is 20.9. The molecule has 0 amide bonds. The normalized spacial score (nSPS) is 12.2. The summed E-state index contributed by atoms with van der Waals surface area (Å²) in [6, 6.07) is 10.3. The number of hydrogen-bond donors (Lipinski definition) is 2. The molecule has 2 unspecified atom stereocenters. The zero-order valence-electron chi connectivity index (χ0n) is 11.9. The number of hydrogen-bond acceptors (Lipinski definition) is 3. The largest absolute Gasteiger partial charge is 0.400 e. The van der Waals surface area contributed by atoms with Crippen LogP contribution in [0.25, 0.3) is 0 Å². The Morgan fingerprint density at radius 1 is 1.25 bits per heavy atom. The summed E-state index contributed by atoms with van der Waals surface area (Å²) in [5.74, 6) is 0.